The fraction of sp³-hybridized carbons (Fsp3) is 1.00. The van der Waals surface area contributed by atoms with Crippen LogP contribution in [0.15, 0.2) is 0 Å². The van der Waals surface area contributed by atoms with Crippen molar-refractivity contribution in [2.24, 2.45) is 0 Å². The summed E-state index contributed by atoms with van der Waals surface area (Å²) >= 11 is 0. The molecule has 12 heteroatoms. The Labute approximate surface area is 70.7 Å². The van der Waals surface area contributed by atoms with Gasteiger partial charge >= 0.3 is 0 Å². The highest BCUT2D eigenvalue weighted by Gasteiger charge is 0.752. The molecule has 0 atom stereocenters. The molecule has 0 rings (SSSR count). The van der Waals surface area contributed by atoms with Crippen LogP contribution in [0.2, 0.25) is 0 Å². The number of rotatable bonds is 0. The Morgan fingerprint density at radius 3 is 0.385 bits per heavy atom. The van der Waals surface area contributed by atoms with Gasteiger partial charge in [0.05, 0.1) is 0 Å². The Morgan fingerprint density at radius 2 is 0.385 bits per heavy atom. The van der Waals surface area contributed by atoms with Gasteiger partial charge in [0.2, 0.25) is 0 Å². The molecular formula is CH12O12. The SMILES string of the molecule is C.O=O.O=O.OO.OO.OO.OO. The van der Waals surface area contributed by atoms with Gasteiger partial charge in [0, 0.05) is 19.9 Å². The number of hydrogen-bond donors (Lipinski definition) is 8. The molecule has 13 heavy (non-hydrogen) atoms. The van der Waals surface area contributed by atoms with E-state index in [0.717, 1.165) is 0 Å². The molecule has 0 amide bonds. The van der Waals surface area contributed by atoms with Crippen LogP contribution < -0.4 is 0 Å². The number of hydrogen-bond acceptors (Lipinski definition) is 12. The molecule has 0 spiro atoms. The van der Waals surface area contributed by atoms with Gasteiger partial charge in [-0.15, -0.1) is 0 Å². The van der Waals surface area contributed by atoms with E-state index in [9.17, 15) is 0 Å². The summed E-state index contributed by atoms with van der Waals surface area (Å²) in [5.41, 5.74) is 0. The Bertz CT molecular complexity index is 7.09. The Hall–Kier alpha value is -1.12. The van der Waals surface area contributed by atoms with Gasteiger partial charge in [0.15, 0.2) is 0 Å². The summed E-state index contributed by atoms with van der Waals surface area (Å²) < 4.78 is 0. The zero-order valence-corrected chi connectivity index (χ0v) is 5.21. The maximum Gasteiger partial charge on any atom is 0 e. The lowest BCUT2D eigenvalue weighted by molar-refractivity contribution is -0.176. The fourth-order valence-electron chi connectivity index (χ4n) is 0. The molecule has 0 aromatic carbocycles. The largest absolute Gasteiger partial charge is 0.255 e. The first-order valence-corrected chi connectivity index (χ1v) is 1.13. The molecule has 0 heterocycles. The third-order valence-electron chi connectivity index (χ3n) is 0. The summed E-state index contributed by atoms with van der Waals surface area (Å²) in [6.07, 6.45) is 0. The minimum absolute atomic E-state index is 0. The van der Waals surface area contributed by atoms with E-state index in [0.29, 0.717) is 0 Å². The van der Waals surface area contributed by atoms with Gasteiger partial charge in [-0.1, -0.05) is 7.43 Å². The van der Waals surface area contributed by atoms with Gasteiger partial charge in [-0.3, -0.25) is 42.1 Å². The van der Waals surface area contributed by atoms with Crippen molar-refractivity contribution in [3.63, 3.8) is 0 Å². The summed E-state index contributed by atoms with van der Waals surface area (Å²) in [6.45, 7) is 0. The summed E-state index contributed by atoms with van der Waals surface area (Å²) in [6, 6.07) is 0. The Kier molecular flexibility index (Phi) is 3850. The summed E-state index contributed by atoms with van der Waals surface area (Å²) in [5, 5.41) is 48.0. The van der Waals surface area contributed by atoms with Crippen LogP contribution in [0.3, 0.4) is 0 Å². The van der Waals surface area contributed by atoms with Crippen molar-refractivity contribution in [1.82, 2.24) is 0 Å². The predicted molar refractivity (Wildman–Crippen MR) is 41.2 cm³/mol. The molecule has 12 nitrogen and oxygen atoms in total. The van der Waals surface area contributed by atoms with Crippen LogP contribution in [0.25, 0.3) is 0 Å². The van der Waals surface area contributed by atoms with Crippen LogP contribution in [-0.4, -0.2) is 42.1 Å². The molecule has 0 fully saturated rings. The molecule has 0 aliphatic rings. The van der Waals surface area contributed by atoms with Gasteiger partial charge in [-0.05, 0) is 0 Å². The van der Waals surface area contributed by atoms with Gasteiger partial charge in [-0.25, -0.2) is 0 Å². The lowest BCUT2D eigenvalue weighted by atomic mass is 12.0. The van der Waals surface area contributed by atoms with E-state index in [1.807, 2.05) is 0 Å². The molecule has 0 aromatic rings. The second-order valence-corrected chi connectivity index (χ2v) is 0. The van der Waals surface area contributed by atoms with Gasteiger partial charge in [0.1, 0.15) is 0 Å². The first-order chi connectivity index (χ1) is 6.00. The smallest absolute Gasteiger partial charge is 0 e. The zero-order chi connectivity index (χ0) is 12.0. The van der Waals surface area contributed by atoms with E-state index in [-0.39, 0.29) is 7.43 Å². The first-order valence-electron chi connectivity index (χ1n) is 1.13. The standard InChI is InChI=1S/CH4.4H2O2.2O2/c;6*1-2/h1H4;4*1-2H;;. The zero-order valence-electron chi connectivity index (χ0n) is 5.21. The second-order valence-electron chi connectivity index (χ2n) is 0. The van der Waals surface area contributed by atoms with Gasteiger partial charge < -0.3 is 0 Å². The van der Waals surface area contributed by atoms with E-state index in [1.54, 1.807) is 0 Å². The van der Waals surface area contributed by atoms with Crippen molar-refractivity contribution >= 4 is 0 Å². The molecule has 0 aromatic heterocycles. The average molecular weight is 216 g/mol. The van der Waals surface area contributed by atoms with Crippen LogP contribution in [0, 0.1) is 19.9 Å². The Balaban J connectivity index is -0.00000000655. The lowest BCUT2D eigenvalue weighted by Crippen LogP contribution is -1.29. The summed E-state index contributed by atoms with van der Waals surface area (Å²) in [5.74, 6) is 0. The van der Waals surface area contributed by atoms with E-state index < -0.39 is 0 Å². The topological polar surface area (TPSA) is 230 Å². The molecule has 8 N–H and O–H groups in total. The van der Waals surface area contributed by atoms with Gasteiger partial charge in [0.25, 0.3) is 0 Å². The highest BCUT2D eigenvalue weighted by molar-refractivity contribution is 4.08. The van der Waals surface area contributed by atoms with Crippen molar-refractivity contribution in [3.8, 4) is 0 Å². The van der Waals surface area contributed by atoms with Crippen molar-refractivity contribution in [2.45, 2.75) is 7.43 Å². The highest BCUT2D eigenvalue weighted by Crippen LogP contribution is 0.744. The van der Waals surface area contributed by atoms with Crippen LogP contribution in [0.5, 0.6) is 0 Å². The Morgan fingerprint density at radius 1 is 0.385 bits per heavy atom. The average Bonchev–Trinajstić information content (AvgIpc) is 2.33. The maximum absolute atomic E-state index is 7.00. The molecule has 88 valence electrons. The molecule has 0 radical (unpaired) electrons. The molecule has 0 bridgehead atoms. The minimum atomic E-state index is 0. The van der Waals surface area contributed by atoms with E-state index in [1.165, 1.54) is 0 Å². The molecule has 0 saturated heterocycles. The molecule has 0 aliphatic heterocycles. The van der Waals surface area contributed by atoms with E-state index in [2.05, 4.69) is 0 Å². The van der Waals surface area contributed by atoms with Crippen LogP contribution in [0.4, 0.5) is 0 Å². The summed E-state index contributed by atoms with van der Waals surface area (Å²) in [4.78, 5) is 28.0. The second kappa shape index (κ2) is 847. The van der Waals surface area contributed by atoms with Crippen molar-refractivity contribution in [3.05, 3.63) is 19.9 Å². The van der Waals surface area contributed by atoms with Crippen molar-refractivity contribution in [1.29, 1.82) is 0 Å². The van der Waals surface area contributed by atoms with E-state index in [4.69, 9.17) is 61.9 Å². The first kappa shape index (κ1) is 59.1. The minimum Gasteiger partial charge on any atom is -0.255 e. The fourth-order valence-corrected chi connectivity index (χ4v) is 0. The summed E-state index contributed by atoms with van der Waals surface area (Å²) in [7, 11) is 0. The van der Waals surface area contributed by atoms with Crippen LogP contribution >= 0.6 is 0 Å². The predicted octanol–water partition coefficient (Wildman–Crippen LogP) is 0.840. The maximum atomic E-state index is 7.00. The normalized spacial score (nSPS) is 2.46. The molecule has 0 unspecified atom stereocenters. The van der Waals surface area contributed by atoms with Crippen molar-refractivity contribution in [2.75, 3.05) is 0 Å². The van der Waals surface area contributed by atoms with E-state index >= 15 is 0 Å². The third kappa shape index (κ3) is 684. The monoisotopic (exact) mass is 216 g/mol. The highest BCUT2D eigenvalue weighted by atomic mass is 17.0. The molecule has 0 saturated carbocycles. The third-order valence-corrected chi connectivity index (χ3v) is 0. The van der Waals surface area contributed by atoms with Crippen LogP contribution in [0.1, 0.15) is 7.43 Å². The molecule has 0 aliphatic carbocycles. The quantitative estimate of drug-likeness (QED) is 0.208. The molecular weight excluding hydrogens is 204 g/mol. The van der Waals surface area contributed by atoms with Crippen molar-refractivity contribution < 1.29 is 42.1 Å². The van der Waals surface area contributed by atoms with Crippen LogP contribution in [-0.2, 0) is 0 Å². The van der Waals surface area contributed by atoms with Gasteiger partial charge in [-0.2, -0.15) is 0 Å². The lowest BCUT2D eigenvalue weighted by Gasteiger charge is -1.25.